The first-order valence-corrected chi connectivity index (χ1v) is 28.9. The second kappa shape index (κ2) is 11.6. The van der Waals surface area contributed by atoms with Crippen LogP contribution in [0.25, 0.3) is 12.2 Å². The Kier molecular flexibility index (Phi) is 8.34. The molecule has 0 radical (unpaired) electrons. The number of fused-ring (bicyclic) bond motifs is 2. The predicted molar refractivity (Wildman–Crippen MR) is 196 cm³/mol. The van der Waals surface area contributed by atoms with Gasteiger partial charge in [-0.3, -0.25) is 0 Å². The molecule has 0 N–H and O–H groups in total. The first kappa shape index (κ1) is 33.0. The Balaban J connectivity index is 1.77. The average Bonchev–Trinajstić information content (AvgIpc) is 3.63. The third-order valence-corrected chi connectivity index (χ3v) is 46.9. The van der Waals surface area contributed by atoms with Crippen LogP contribution in [0.1, 0.15) is 93.3 Å². The molecule has 239 valence electrons. The summed E-state index contributed by atoms with van der Waals surface area (Å²) in [5, 5.41) is 0. The Bertz CT molecular complexity index is 1720. The topological polar surface area (TPSA) is 18.5 Å². The van der Waals surface area contributed by atoms with Gasteiger partial charge in [-0.2, -0.15) is 0 Å². The number of aryl methyl sites for hydroxylation is 2. The van der Waals surface area contributed by atoms with Gasteiger partial charge in [0.15, 0.2) is 0 Å². The number of hydrogen-bond donors (Lipinski definition) is 0. The number of rotatable bonds is 7. The molecule has 2 aliphatic rings. The molecule has 4 aromatic rings. The van der Waals surface area contributed by atoms with Crippen molar-refractivity contribution < 1.29 is 24.4 Å². The van der Waals surface area contributed by atoms with Crippen LogP contribution in [0.2, 0.25) is 13.1 Å². The van der Waals surface area contributed by atoms with E-state index in [1.54, 1.807) is 0 Å². The molecule has 0 heterocycles. The van der Waals surface area contributed by atoms with Gasteiger partial charge >= 0.3 is 282 Å². The predicted octanol–water partition coefficient (Wildman–Crippen LogP) is 11.4. The molecular formula is C42H51O2SiZr. The number of benzene rings is 4. The third kappa shape index (κ3) is 5.34. The van der Waals surface area contributed by atoms with Gasteiger partial charge in [0.1, 0.15) is 0 Å². The minimum atomic E-state index is -5.30. The fourth-order valence-electron chi connectivity index (χ4n) is 8.02. The molecule has 6 rings (SSSR count). The molecule has 0 aliphatic heterocycles. The summed E-state index contributed by atoms with van der Waals surface area (Å²) in [6.07, 6.45) is 9.60. The molecule has 2 aliphatic carbocycles. The average molecular weight is 707 g/mol. The molecule has 0 saturated heterocycles. The van der Waals surface area contributed by atoms with Gasteiger partial charge in [0, 0.05) is 0 Å². The molecule has 0 aromatic heterocycles. The zero-order chi connectivity index (χ0) is 33.1. The fourth-order valence-corrected chi connectivity index (χ4v) is 41.1. The molecule has 0 bridgehead atoms. The van der Waals surface area contributed by atoms with Crippen molar-refractivity contribution in [2.24, 2.45) is 0 Å². The Morgan fingerprint density at radius 2 is 0.957 bits per heavy atom. The molecule has 2 unspecified atom stereocenters. The standard InChI is InChI=1S/2C11H16O.2C9H7.C2H7Si.Zr/c2*1-8-5-6-10(12)9(7-8)11(2,3)4;2*1-2-5-9-7-3-6-8(9)4-1;1-3-2;/h2*5-7,12H,1-4H3;2*1-7H;3H,1-2H3;/q;;;;;+2/p-2. The van der Waals surface area contributed by atoms with Crippen molar-refractivity contribution in [2.75, 3.05) is 0 Å². The third-order valence-electron chi connectivity index (χ3n) is 10.5. The maximum atomic E-state index is 8.29. The fraction of sp³-hybridized carbons (Fsp3) is 0.333. The van der Waals surface area contributed by atoms with Gasteiger partial charge in [-0.1, -0.05) is 0 Å². The Morgan fingerprint density at radius 1 is 0.565 bits per heavy atom. The molecular weight excluding hydrogens is 656 g/mol. The van der Waals surface area contributed by atoms with Gasteiger partial charge in [-0.15, -0.1) is 0 Å². The van der Waals surface area contributed by atoms with Crippen molar-refractivity contribution >= 4 is 18.1 Å². The number of hydrogen-bond acceptors (Lipinski definition) is 2. The Morgan fingerprint density at radius 3 is 1.33 bits per heavy atom. The van der Waals surface area contributed by atoms with E-state index >= 15 is 0 Å². The van der Waals surface area contributed by atoms with E-state index in [2.05, 4.69) is 178 Å². The van der Waals surface area contributed by atoms with Crippen molar-refractivity contribution in [2.45, 2.75) is 86.6 Å². The van der Waals surface area contributed by atoms with Crippen LogP contribution in [0.3, 0.4) is 0 Å². The summed E-state index contributed by atoms with van der Waals surface area (Å²) in [6.45, 7) is 23.2. The first-order chi connectivity index (χ1) is 21.6. The van der Waals surface area contributed by atoms with Crippen LogP contribution in [-0.2, 0) is 29.7 Å². The van der Waals surface area contributed by atoms with Gasteiger partial charge < -0.3 is 0 Å². The van der Waals surface area contributed by atoms with Crippen LogP contribution >= 0.6 is 0 Å². The summed E-state index contributed by atoms with van der Waals surface area (Å²) in [5.41, 5.74) is 10.0. The monoisotopic (exact) mass is 705 g/mol. The van der Waals surface area contributed by atoms with Crippen LogP contribution in [-0.4, -0.2) is 5.92 Å². The second-order valence-corrected chi connectivity index (χ2v) is 44.0. The van der Waals surface area contributed by atoms with E-state index < -0.39 is 24.7 Å². The minimum absolute atomic E-state index is 0.0494. The summed E-state index contributed by atoms with van der Waals surface area (Å²) in [7, 11) is 0. The van der Waals surface area contributed by atoms with E-state index in [4.69, 9.17) is 5.63 Å². The first-order valence-electron chi connectivity index (χ1n) is 17.0. The molecule has 2 nitrogen and oxygen atoms in total. The summed E-state index contributed by atoms with van der Waals surface area (Å²) in [6, 6.07) is 31.5. The molecule has 4 heteroatoms. The summed E-state index contributed by atoms with van der Waals surface area (Å²) in [5.74, 6) is 0.150. The quantitative estimate of drug-likeness (QED) is 0.178. The van der Waals surface area contributed by atoms with E-state index in [9.17, 15) is 0 Å². The van der Waals surface area contributed by atoms with Crippen LogP contribution in [0.4, 0.5) is 0 Å². The zero-order valence-electron chi connectivity index (χ0n) is 29.4. The maximum absolute atomic E-state index is 8.29. The van der Waals surface area contributed by atoms with Crippen molar-refractivity contribution in [1.82, 2.24) is 0 Å². The molecule has 0 amide bonds. The summed E-state index contributed by atoms with van der Waals surface area (Å²) in [4.78, 5) is 0. The Labute approximate surface area is 280 Å². The second-order valence-electron chi connectivity index (χ2n) is 16.1. The van der Waals surface area contributed by atoms with Gasteiger partial charge in [-0.25, -0.2) is 0 Å². The summed E-state index contributed by atoms with van der Waals surface area (Å²) >= 11 is -5.30. The van der Waals surface area contributed by atoms with Crippen LogP contribution in [0.5, 0.6) is 11.5 Å². The molecule has 0 fully saturated rings. The van der Waals surface area contributed by atoms with Crippen molar-refractivity contribution in [3.8, 4) is 11.5 Å². The molecule has 0 spiro atoms. The van der Waals surface area contributed by atoms with Crippen molar-refractivity contribution in [1.29, 1.82) is 0 Å². The number of allylic oxidation sites excluding steroid dienone is 2. The van der Waals surface area contributed by atoms with Crippen molar-refractivity contribution in [3.05, 3.63) is 142 Å². The SMILES string of the molecule is Cc1ccc([O][Zr]([O]c2ccc(C)cc2C(C)(C)C)([CH]2C=Cc3ccccc32)([CH]2C=Cc3ccccc32)[SiH](C)C)c(C(C)(C)C)c1. The molecule has 0 saturated carbocycles. The van der Waals surface area contributed by atoms with E-state index in [-0.39, 0.29) is 18.1 Å². The molecule has 4 aromatic carbocycles. The van der Waals surface area contributed by atoms with Crippen LogP contribution in [0.15, 0.2) is 97.1 Å². The molecule has 46 heavy (non-hydrogen) atoms. The zero-order valence-corrected chi connectivity index (χ0v) is 33.1. The van der Waals surface area contributed by atoms with E-state index in [0.717, 1.165) is 11.5 Å². The van der Waals surface area contributed by atoms with Crippen molar-refractivity contribution in [3.63, 3.8) is 0 Å². The summed E-state index contributed by atoms with van der Waals surface area (Å²) < 4.78 is 16.7. The van der Waals surface area contributed by atoms with Crippen LogP contribution in [0, 0.1) is 13.8 Å². The van der Waals surface area contributed by atoms with E-state index in [0.29, 0.717) is 0 Å². The van der Waals surface area contributed by atoms with E-state index in [1.165, 1.54) is 44.5 Å². The van der Waals surface area contributed by atoms with Gasteiger partial charge in [0.2, 0.25) is 0 Å². The Hall–Kier alpha value is -2.94. The molecule has 2 atom stereocenters. The van der Waals surface area contributed by atoms with Crippen LogP contribution < -0.4 is 5.63 Å². The van der Waals surface area contributed by atoms with Gasteiger partial charge in [-0.05, 0) is 0 Å². The normalized spacial score (nSPS) is 18.3. The van der Waals surface area contributed by atoms with Gasteiger partial charge in [0.25, 0.3) is 0 Å². The van der Waals surface area contributed by atoms with Gasteiger partial charge in [0.05, 0.1) is 0 Å². The van der Waals surface area contributed by atoms with E-state index in [1.807, 2.05) is 0 Å².